The molecule has 1 unspecified atom stereocenters. The van der Waals surface area contributed by atoms with E-state index in [1.54, 1.807) is 4.90 Å². The van der Waals surface area contributed by atoms with Crippen molar-refractivity contribution in [1.29, 1.82) is 15.8 Å². The zero-order valence-corrected chi connectivity index (χ0v) is 6.99. The van der Waals surface area contributed by atoms with Gasteiger partial charge in [-0.1, -0.05) is 6.92 Å². The molecular weight excluding hydrogens is 152 g/mol. The molecule has 0 aliphatic rings. The summed E-state index contributed by atoms with van der Waals surface area (Å²) < 4.78 is 0. The van der Waals surface area contributed by atoms with Gasteiger partial charge >= 0.3 is 0 Å². The fourth-order valence-electron chi connectivity index (χ4n) is 0.889. The first-order chi connectivity index (χ1) is 5.79. The first-order valence-corrected chi connectivity index (χ1v) is 3.67. The summed E-state index contributed by atoms with van der Waals surface area (Å²) in [5.41, 5.74) is 0. The number of rotatable bonds is 4. The van der Waals surface area contributed by atoms with Crippen LogP contribution in [0.1, 0.15) is 13.3 Å². The maximum absolute atomic E-state index is 8.64. The van der Waals surface area contributed by atoms with Crippen LogP contribution in [-0.4, -0.2) is 24.0 Å². The molecule has 0 saturated carbocycles. The summed E-state index contributed by atoms with van der Waals surface area (Å²) in [7, 11) is 0. The van der Waals surface area contributed by atoms with Gasteiger partial charge in [0.1, 0.15) is 0 Å². The number of nitriles is 3. The highest BCUT2D eigenvalue weighted by molar-refractivity contribution is 4.97. The molecule has 0 amide bonds. The van der Waals surface area contributed by atoms with E-state index in [1.165, 1.54) is 0 Å². The van der Waals surface area contributed by atoms with Crippen LogP contribution in [0.4, 0.5) is 0 Å². The summed E-state index contributed by atoms with van der Waals surface area (Å²) in [5.74, 6) is 0. The molecule has 4 heteroatoms. The van der Waals surface area contributed by atoms with Crippen LogP contribution < -0.4 is 0 Å². The molecule has 0 rings (SSSR count). The van der Waals surface area contributed by atoms with Gasteiger partial charge in [0.2, 0.25) is 0 Å². The smallest absolute Gasteiger partial charge is 0.0991 e. The second kappa shape index (κ2) is 6.16. The predicted octanol–water partition coefficient (Wildman–Crippen LogP) is 0.638. The summed E-state index contributed by atoms with van der Waals surface area (Å²) in [6.07, 6.45) is 0.639. The van der Waals surface area contributed by atoms with Gasteiger partial charge in [0.25, 0.3) is 0 Å². The van der Waals surface area contributed by atoms with E-state index in [1.807, 2.05) is 25.1 Å². The third-order valence-electron chi connectivity index (χ3n) is 1.52. The van der Waals surface area contributed by atoms with Gasteiger partial charge in [-0.2, -0.15) is 15.8 Å². The maximum atomic E-state index is 8.64. The van der Waals surface area contributed by atoms with Crippen LogP contribution >= 0.6 is 0 Å². The highest BCUT2D eigenvalue weighted by Gasteiger charge is 2.14. The Hall–Kier alpha value is -1.57. The molecule has 0 N–H and O–H groups in total. The van der Waals surface area contributed by atoms with Crippen molar-refractivity contribution < 1.29 is 0 Å². The van der Waals surface area contributed by atoms with Gasteiger partial charge in [-0.25, -0.2) is 0 Å². The molecule has 4 nitrogen and oxygen atoms in total. The van der Waals surface area contributed by atoms with Crippen molar-refractivity contribution in [2.45, 2.75) is 19.4 Å². The van der Waals surface area contributed by atoms with Crippen LogP contribution in [-0.2, 0) is 0 Å². The minimum atomic E-state index is -0.315. The van der Waals surface area contributed by atoms with Crippen molar-refractivity contribution in [3.63, 3.8) is 0 Å². The van der Waals surface area contributed by atoms with Crippen LogP contribution in [0, 0.1) is 34.0 Å². The molecule has 1 atom stereocenters. The van der Waals surface area contributed by atoms with Crippen molar-refractivity contribution in [3.05, 3.63) is 0 Å². The molecule has 0 bridgehead atoms. The molecule has 62 valence electrons. The first kappa shape index (κ1) is 10.4. The molecule has 0 aromatic heterocycles. The number of hydrogen-bond acceptors (Lipinski definition) is 4. The largest absolute Gasteiger partial charge is 0.261 e. The van der Waals surface area contributed by atoms with Crippen LogP contribution in [0.25, 0.3) is 0 Å². The van der Waals surface area contributed by atoms with E-state index >= 15 is 0 Å². The number of hydrogen-bond donors (Lipinski definition) is 0. The minimum absolute atomic E-state index is 0.139. The van der Waals surface area contributed by atoms with E-state index in [0.29, 0.717) is 6.42 Å². The first-order valence-electron chi connectivity index (χ1n) is 3.67. The minimum Gasteiger partial charge on any atom is -0.261 e. The van der Waals surface area contributed by atoms with Gasteiger partial charge in [-0.3, -0.25) is 4.90 Å². The maximum Gasteiger partial charge on any atom is 0.0991 e. The summed E-state index contributed by atoms with van der Waals surface area (Å²) >= 11 is 0. The van der Waals surface area contributed by atoms with Gasteiger partial charge in [-0.15, -0.1) is 0 Å². The standard InChI is InChI=1S/C8H10N4/c1-2-8(7-11)12(5-3-9)6-4-10/h8H,2,5-6H2,1H3. The topological polar surface area (TPSA) is 74.6 Å². The second-order valence-electron chi connectivity index (χ2n) is 2.27. The molecule has 0 aliphatic carbocycles. The Balaban J connectivity index is 4.21. The van der Waals surface area contributed by atoms with Crippen LogP contribution in [0.2, 0.25) is 0 Å². The predicted molar refractivity (Wildman–Crippen MR) is 42.5 cm³/mol. The van der Waals surface area contributed by atoms with Gasteiger partial charge in [0.15, 0.2) is 0 Å². The van der Waals surface area contributed by atoms with E-state index in [9.17, 15) is 0 Å². The Bertz CT molecular complexity index is 223. The molecule has 0 aliphatic heterocycles. The SMILES string of the molecule is CCC(C#N)N(CC#N)CC#N. The van der Waals surface area contributed by atoms with E-state index in [4.69, 9.17) is 15.8 Å². The quantitative estimate of drug-likeness (QED) is 0.568. The molecule has 0 saturated heterocycles. The third kappa shape index (κ3) is 3.01. The molecular formula is C8H10N4. The lowest BCUT2D eigenvalue weighted by molar-refractivity contribution is 0.287. The monoisotopic (exact) mass is 162 g/mol. The fraction of sp³-hybridized carbons (Fsp3) is 0.625. The lowest BCUT2D eigenvalue weighted by atomic mass is 10.2. The van der Waals surface area contributed by atoms with E-state index < -0.39 is 0 Å². The molecule has 0 aromatic carbocycles. The highest BCUT2D eigenvalue weighted by atomic mass is 15.1. The van der Waals surface area contributed by atoms with Crippen LogP contribution in [0.15, 0.2) is 0 Å². The zero-order valence-electron chi connectivity index (χ0n) is 6.99. The molecule has 12 heavy (non-hydrogen) atoms. The normalized spacial score (nSPS) is 11.2. The van der Waals surface area contributed by atoms with Crippen molar-refractivity contribution in [2.24, 2.45) is 0 Å². The highest BCUT2D eigenvalue weighted by Crippen LogP contribution is 2.01. The Labute approximate surface area is 72.2 Å². The molecule has 0 heterocycles. The van der Waals surface area contributed by atoms with Crippen molar-refractivity contribution >= 4 is 0 Å². The van der Waals surface area contributed by atoms with E-state index in [-0.39, 0.29) is 19.1 Å². The Morgan fingerprint density at radius 1 is 1.17 bits per heavy atom. The van der Waals surface area contributed by atoms with E-state index in [0.717, 1.165) is 0 Å². The van der Waals surface area contributed by atoms with Gasteiger partial charge in [-0.05, 0) is 6.42 Å². The summed E-state index contributed by atoms with van der Waals surface area (Å²) in [5, 5.41) is 25.4. The van der Waals surface area contributed by atoms with Crippen molar-refractivity contribution in [3.8, 4) is 18.2 Å². The summed E-state index contributed by atoms with van der Waals surface area (Å²) in [4.78, 5) is 1.56. The van der Waals surface area contributed by atoms with Crippen LogP contribution in [0.3, 0.4) is 0 Å². The summed E-state index contributed by atoms with van der Waals surface area (Å²) in [6, 6.07) is 5.58. The van der Waals surface area contributed by atoms with Crippen molar-refractivity contribution in [2.75, 3.05) is 13.1 Å². The molecule has 0 fully saturated rings. The second-order valence-corrected chi connectivity index (χ2v) is 2.27. The molecule has 0 aromatic rings. The zero-order chi connectivity index (χ0) is 9.40. The molecule has 0 radical (unpaired) electrons. The van der Waals surface area contributed by atoms with Crippen LogP contribution in [0.5, 0.6) is 0 Å². The van der Waals surface area contributed by atoms with Gasteiger partial charge < -0.3 is 0 Å². The molecule has 0 spiro atoms. The Morgan fingerprint density at radius 3 is 1.92 bits per heavy atom. The lowest BCUT2D eigenvalue weighted by Crippen LogP contribution is -2.34. The van der Waals surface area contributed by atoms with E-state index in [2.05, 4.69) is 0 Å². The number of nitrogens with zero attached hydrogens (tertiary/aromatic N) is 4. The average Bonchev–Trinajstić information content (AvgIpc) is 2.07. The van der Waals surface area contributed by atoms with Gasteiger partial charge in [0, 0.05) is 0 Å². The van der Waals surface area contributed by atoms with Gasteiger partial charge in [0.05, 0.1) is 37.3 Å². The fourth-order valence-corrected chi connectivity index (χ4v) is 0.889. The Kier molecular flexibility index (Phi) is 5.35. The lowest BCUT2D eigenvalue weighted by Gasteiger charge is -2.19. The third-order valence-corrected chi connectivity index (χ3v) is 1.52. The average molecular weight is 162 g/mol. The Morgan fingerprint density at radius 2 is 1.67 bits per heavy atom. The van der Waals surface area contributed by atoms with Crippen molar-refractivity contribution in [1.82, 2.24) is 4.90 Å². The summed E-state index contributed by atoms with van der Waals surface area (Å²) in [6.45, 7) is 2.13.